The number of nitrogens with zero attached hydrogens (tertiary/aromatic N) is 2. The van der Waals surface area contributed by atoms with E-state index < -0.39 is 46.6 Å². The molecule has 3 aliphatic carbocycles. The number of phenolic OH excluding ortho intramolecular Hbond substituents is 1. The van der Waals surface area contributed by atoms with Gasteiger partial charge in [0.15, 0.2) is 11.6 Å². The van der Waals surface area contributed by atoms with Crippen LogP contribution in [0.15, 0.2) is 28.1 Å². The molecule has 178 valence electrons. The molecule has 4 atom stereocenters. The smallest absolute Gasteiger partial charge is 0.255 e. The highest BCUT2D eigenvalue weighted by atomic mass is 16.6. The zero-order valence-electron chi connectivity index (χ0n) is 18.7. The number of rotatable bonds is 3. The number of carbonyl (C=O) groups is 3. The van der Waals surface area contributed by atoms with Gasteiger partial charge in [-0.05, 0) is 36.3 Å². The van der Waals surface area contributed by atoms with Gasteiger partial charge in [0, 0.05) is 37.3 Å². The number of Topliss-reactive ketones (excluding diaryl/α,β-unsaturated/α-hetero) is 2. The standard InChI is InChI=1S/C24H25N3O7/c1-27(2)14-6-12(11-7-26-34-8-11)20(29)18-13(14)4-9-3-10-5-15(28)19(24(25)33)23(32)17(10)21(30)16(9)22(18)31/h6-7,9-11,17,29,31-32H,3-5,8H2,1-2H3,(H2,25,33). The lowest BCUT2D eigenvalue weighted by molar-refractivity contribution is -0.127. The summed E-state index contributed by atoms with van der Waals surface area (Å²) in [5.41, 5.74) is 6.96. The van der Waals surface area contributed by atoms with E-state index in [-0.39, 0.29) is 41.6 Å². The summed E-state index contributed by atoms with van der Waals surface area (Å²) in [5.74, 6) is -5.72. The van der Waals surface area contributed by atoms with Gasteiger partial charge < -0.3 is 30.8 Å². The number of benzene rings is 1. The van der Waals surface area contributed by atoms with Crippen molar-refractivity contribution < 1.29 is 34.5 Å². The van der Waals surface area contributed by atoms with Gasteiger partial charge in [-0.15, -0.1) is 0 Å². The van der Waals surface area contributed by atoms with E-state index in [0.29, 0.717) is 24.0 Å². The Morgan fingerprint density at radius 3 is 2.56 bits per heavy atom. The van der Waals surface area contributed by atoms with Crippen molar-refractivity contribution in [3.05, 3.63) is 39.7 Å². The van der Waals surface area contributed by atoms with E-state index in [9.17, 15) is 29.7 Å². The van der Waals surface area contributed by atoms with Gasteiger partial charge in [-0.25, -0.2) is 0 Å². The number of aromatic hydroxyl groups is 1. The maximum Gasteiger partial charge on any atom is 0.255 e. The van der Waals surface area contributed by atoms with E-state index in [1.165, 1.54) is 0 Å². The quantitative estimate of drug-likeness (QED) is 0.486. The molecule has 4 aliphatic rings. The van der Waals surface area contributed by atoms with E-state index in [4.69, 9.17) is 10.6 Å². The van der Waals surface area contributed by atoms with Crippen LogP contribution in [0.3, 0.4) is 0 Å². The largest absolute Gasteiger partial charge is 0.511 e. The summed E-state index contributed by atoms with van der Waals surface area (Å²) in [5, 5.41) is 36.9. The fraction of sp³-hybridized carbons (Fsp3) is 0.417. The predicted molar refractivity (Wildman–Crippen MR) is 121 cm³/mol. The van der Waals surface area contributed by atoms with Crippen molar-refractivity contribution in [1.82, 2.24) is 0 Å². The SMILES string of the molecule is CN(C)c1cc(C2C=NOC2)c(O)c2c1CC1CC3CC(=O)C(C(N)=O)=C(O)C3C(=O)C1=C2O. The van der Waals surface area contributed by atoms with Crippen LogP contribution in [-0.2, 0) is 25.6 Å². The maximum atomic E-state index is 13.6. The number of nitrogens with two attached hydrogens (primary N) is 1. The van der Waals surface area contributed by atoms with Crippen molar-refractivity contribution in [1.29, 1.82) is 0 Å². The lowest BCUT2D eigenvalue weighted by Crippen LogP contribution is -2.44. The molecule has 1 heterocycles. The first kappa shape index (κ1) is 22.0. The molecule has 0 saturated heterocycles. The molecule has 0 aromatic heterocycles. The molecule has 1 saturated carbocycles. The van der Waals surface area contributed by atoms with Gasteiger partial charge in [-0.3, -0.25) is 14.4 Å². The Balaban J connectivity index is 1.69. The molecule has 34 heavy (non-hydrogen) atoms. The predicted octanol–water partition coefficient (Wildman–Crippen LogP) is 1.47. The summed E-state index contributed by atoms with van der Waals surface area (Å²) in [6.07, 6.45) is 2.21. The molecule has 10 nitrogen and oxygen atoms in total. The second-order valence-corrected chi connectivity index (χ2v) is 9.49. The third-order valence-corrected chi connectivity index (χ3v) is 7.34. The molecule has 1 aliphatic heterocycles. The minimum absolute atomic E-state index is 0.0815. The highest BCUT2D eigenvalue weighted by Crippen LogP contribution is 2.52. The van der Waals surface area contributed by atoms with Crippen LogP contribution in [0, 0.1) is 17.8 Å². The fourth-order valence-corrected chi connectivity index (χ4v) is 5.84. The van der Waals surface area contributed by atoms with Crippen LogP contribution >= 0.6 is 0 Å². The summed E-state index contributed by atoms with van der Waals surface area (Å²) in [7, 11) is 3.70. The molecule has 1 aromatic rings. The topological polar surface area (TPSA) is 163 Å². The number of carbonyl (C=O) groups excluding carboxylic acids is 3. The average molecular weight is 467 g/mol. The number of phenols is 1. The molecule has 5 N–H and O–H groups in total. The monoisotopic (exact) mass is 467 g/mol. The average Bonchev–Trinajstić information content (AvgIpc) is 3.27. The summed E-state index contributed by atoms with van der Waals surface area (Å²) in [4.78, 5) is 44.7. The zero-order chi connectivity index (χ0) is 24.5. The first-order chi connectivity index (χ1) is 16.1. The van der Waals surface area contributed by atoms with Crippen LogP contribution in [0.5, 0.6) is 5.75 Å². The van der Waals surface area contributed by atoms with E-state index in [1.807, 2.05) is 25.1 Å². The molecule has 5 rings (SSSR count). The third-order valence-electron chi connectivity index (χ3n) is 7.34. The molecule has 1 fully saturated rings. The molecule has 1 amide bonds. The number of allylic oxidation sites excluding steroid dienone is 2. The number of hydrogen-bond donors (Lipinski definition) is 4. The second kappa shape index (κ2) is 7.61. The Bertz CT molecular complexity index is 1240. The van der Waals surface area contributed by atoms with Crippen molar-refractivity contribution in [2.24, 2.45) is 28.6 Å². The first-order valence-electron chi connectivity index (χ1n) is 11.1. The van der Waals surface area contributed by atoms with E-state index >= 15 is 0 Å². The highest BCUT2D eigenvalue weighted by Gasteiger charge is 2.51. The van der Waals surface area contributed by atoms with Gasteiger partial charge in [0.05, 0.1) is 23.6 Å². The van der Waals surface area contributed by atoms with Crippen LogP contribution in [0.25, 0.3) is 5.76 Å². The summed E-state index contributed by atoms with van der Waals surface area (Å²) in [6, 6.07) is 1.84. The molecule has 1 aromatic carbocycles. The summed E-state index contributed by atoms with van der Waals surface area (Å²) < 4.78 is 0. The second-order valence-electron chi connectivity index (χ2n) is 9.49. The van der Waals surface area contributed by atoms with Crippen molar-refractivity contribution in [2.75, 3.05) is 25.6 Å². The number of oxime groups is 1. The lowest BCUT2D eigenvalue weighted by atomic mass is 9.61. The Morgan fingerprint density at radius 1 is 1.21 bits per heavy atom. The Hall–Kier alpha value is -3.82. The minimum atomic E-state index is -1.14. The molecule has 0 bridgehead atoms. The molecular weight excluding hydrogens is 442 g/mol. The van der Waals surface area contributed by atoms with E-state index in [2.05, 4.69) is 5.16 Å². The van der Waals surface area contributed by atoms with Crippen LogP contribution < -0.4 is 10.6 Å². The zero-order valence-corrected chi connectivity index (χ0v) is 18.7. The van der Waals surface area contributed by atoms with Gasteiger partial charge in [0.1, 0.15) is 29.4 Å². The molecule has 10 heteroatoms. The number of fused-ring (bicyclic) bond motifs is 3. The number of hydrogen-bond acceptors (Lipinski definition) is 9. The minimum Gasteiger partial charge on any atom is -0.511 e. The molecule has 0 spiro atoms. The van der Waals surface area contributed by atoms with Crippen molar-refractivity contribution >= 4 is 35.1 Å². The lowest BCUT2D eigenvalue weighted by Gasteiger charge is -2.41. The highest BCUT2D eigenvalue weighted by molar-refractivity contribution is 6.21. The number of aliphatic hydroxyl groups excluding tert-OH is 2. The van der Waals surface area contributed by atoms with Crippen LogP contribution in [-0.4, -0.2) is 59.7 Å². The van der Waals surface area contributed by atoms with Crippen molar-refractivity contribution in [3.8, 4) is 5.75 Å². The Labute approximate surface area is 195 Å². The molecule has 0 radical (unpaired) electrons. The molecular formula is C24H25N3O7. The van der Waals surface area contributed by atoms with Gasteiger partial charge >= 0.3 is 0 Å². The van der Waals surface area contributed by atoms with Crippen LogP contribution in [0.4, 0.5) is 5.69 Å². The maximum absolute atomic E-state index is 13.6. The van der Waals surface area contributed by atoms with Gasteiger partial charge in [-0.2, -0.15) is 0 Å². The first-order valence-corrected chi connectivity index (χ1v) is 11.1. The van der Waals surface area contributed by atoms with E-state index in [0.717, 1.165) is 5.69 Å². The normalized spacial score (nSPS) is 27.8. The number of aliphatic hydroxyl groups is 2. The number of ketones is 2. The third kappa shape index (κ3) is 3.01. The van der Waals surface area contributed by atoms with E-state index in [1.54, 1.807) is 6.21 Å². The van der Waals surface area contributed by atoms with Crippen molar-refractivity contribution in [3.63, 3.8) is 0 Å². The van der Waals surface area contributed by atoms with Crippen LogP contribution in [0.1, 0.15) is 35.4 Å². The summed E-state index contributed by atoms with van der Waals surface area (Å²) >= 11 is 0. The van der Waals surface area contributed by atoms with Crippen LogP contribution in [0.2, 0.25) is 0 Å². The summed E-state index contributed by atoms with van der Waals surface area (Å²) in [6.45, 7) is 0.241. The Kier molecular flexibility index (Phi) is 4.92. The van der Waals surface area contributed by atoms with Gasteiger partial charge in [0.2, 0.25) is 0 Å². The fourth-order valence-electron chi connectivity index (χ4n) is 5.84. The van der Waals surface area contributed by atoms with Gasteiger partial charge in [-0.1, -0.05) is 5.16 Å². The van der Waals surface area contributed by atoms with Gasteiger partial charge in [0.25, 0.3) is 5.91 Å². The molecule has 4 unspecified atom stereocenters. The number of anilines is 1. The van der Waals surface area contributed by atoms with Crippen molar-refractivity contribution in [2.45, 2.75) is 25.2 Å². The number of primary amides is 1. The number of amides is 1. The Morgan fingerprint density at radius 2 is 1.94 bits per heavy atom.